The van der Waals surface area contributed by atoms with Crippen molar-refractivity contribution < 1.29 is 5.11 Å². The number of hydrogen-bond donors (Lipinski definition) is 2. The maximum absolute atomic E-state index is 10.7. The number of H-pyrrole nitrogens is 1. The van der Waals surface area contributed by atoms with E-state index in [0.29, 0.717) is 5.69 Å². The summed E-state index contributed by atoms with van der Waals surface area (Å²) in [6, 6.07) is 19.9. The maximum Gasteiger partial charge on any atom is 0.123 e. The van der Waals surface area contributed by atoms with Gasteiger partial charge in [-0.2, -0.15) is 5.10 Å². The Hall–Kier alpha value is -2.96. The highest BCUT2D eigenvalue weighted by Crippen LogP contribution is 2.24. The van der Waals surface area contributed by atoms with Crippen LogP contribution in [0.3, 0.4) is 0 Å². The van der Waals surface area contributed by atoms with Gasteiger partial charge in [-0.05, 0) is 30.2 Å². The Labute approximate surface area is 163 Å². The van der Waals surface area contributed by atoms with Gasteiger partial charge in [0.1, 0.15) is 11.9 Å². The summed E-state index contributed by atoms with van der Waals surface area (Å²) >= 11 is 0. The summed E-state index contributed by atoms with van der Waals surface area (Å²) in [4.78, 5) is 10.5. The van der Waals surface area contributed by atoms with Crippen LogP contribution < -0.4 is 0 Å². The van der Waals surface area contributed by atoms with Crippen molar-refractivity contribution in [1.82, 2.24) is 24.6 Å². The SMILES string of the molecule is OC(c1ccccc1)c1cc2n(n1)CCCN(Cc1nc3ccccc3[nH]1)C2. The standard InChI is InChI=1S/C22H23N5O/c28-22(16-7-2-1-3-8-16)20-13-17-14-26(11-6-12-27(17)25-20)15-21-23-18-9-4-5-10-19(18)24-21/h1-5,7-10,13,22,28H,6,11-12,14-15H2,(H,23,24). The number of aromatic nitrogens is 4. The van der Waals surface area contributed by atoms with Crippen molar-refractivity contribution in [2.45, 2.75) is 32.2 Å². The molecule has 0 radical (unpaired) electrons. The normalized spacial score (nSPS) is 16.0. The number of aliphatic hydroxyl groups excluding tert-OH is 1. The van der Waals surface area contributed by atoms with Crippen LogP contribution in [0.5, 0.6) is 0 Å². The molecule has 6 heteroatoms. The van der Waals surface area contributed by atoms with Crippen LogP contribution in [0.25, 0.3) is 11.0 Å². The molecule has 28 heavy (non-hydrogen) atoms. The highest BCUT2D eigenvalue weighted by atomic mass is 16.3. The number of hydrogen-bond acceptors (Lipinski definition) is 4. The first-order valence-corrected chi connectivity index (χ1v) is 9.72. The second kappa shape index (κ2) is 7.22. The first-order valence-electron chi connectivity index (χ1n) is 9.72. The zero-order valence-corrected chi connectivity index (χ0v) is 15.6. The summed E-state index contributed by atoms with van der Waals surface area (Å²) in [5.74, 6) is 0.985. The smallest absolute Gasteiger partial charge is 0.123 e. The average molecular weight is 373 g/mol. The fraction of sp³-hybridized carbons (Fsp3) is 0.273. The molecule has 0 aliphatic carbocycles. The van der Waals surface area contributed by atoms with E-state index in [1.165, 1.54) is 0 Å². The average Bonchev–Trinajstić information content (AvgIpc) is 3.26. The Morgan fingerprint density at radius 3 is 2.71 bits per heavy atom. The lowest BCUT2D eigenvalue weighted by atomic mass is 10.1. The van der Waals surface area contributed by atoms with Crippen LogP contribution in [0.2, 0.25) is 0 Å². The molecule has 1 aliphatic rings. The van der Waals surface area contributed by atoms with E-state index >= 15 is 0 Å². The van der Waals surface area contributed by atoms with E-state index in [-0.39, 0.29) is 0 Å². The van der Waals surface area contributed by atoms with Crippen molar-refractivity contribution in [3.8, 4) is 0 Å². The second-order valence-electron chi connectivity index (χ2n) is 7.36. The molecule has 0 fully saturated rings. The summed E-state index contributed by atoms with van der Waals surface area (Å²) in [5, 5.41) is 15.4. The van der Waals surface area contributed by atoms with Crippen molar-refractivity contribution in [2.24, 2.45) is 0 Å². The number of aryl methyl sites for hydroxylation is 1. The molecule has 2 aromatic carbocycles. The number of para-hydroxylation sites is 2. The minimum atomic E-state index is -0.690. The van der Waals surface area contributed by atoms with Gasteiger partial charge in [0, 0.05) is 19.6 Å². The van der Waals surface area contributed by atoms with E-state index in [1.54, 1.807) is 0 Å². The van der Waals surface area contributed by atoms with Crippen molar-refractivity contribution in [2.75, 3.05) is 6.54 Å². The number of nitrogens with zero attached hydrogens (tertiary/aromatic N) is 4. The topological polar surface area (TPSA) is 70.0 Å². The van der Waals surface area contributed by atoms with Gasteiger partial charge in [-0.3, -0.25) is 9.58 Å². The Morgan fingerprint density at radius 1 is 1.04 bits per heavy atom. The predicted octanol–water partition coefficient (Wildman–Crippen LogP) is 3.25. The van der Waals surface area contributed by atoms with Gasteiger partial charge in [-0.15, -0.1) is 0 Å². The van der Waals surface area contributed by atoms with E-state index in [0.717, 1.165) is 60.7 Å². The fourth-order valence-corrected chi connectivity index (χ4v) is 3.92. The van der Waals surface area contributed by atoms with Crippen LogP contribution in [-0.2, 0) is 19.6 Å². The molecule has 0 amide bonds. The van der Waals surface area contributed by atoms with E-state index in [1.807, 2.05) is 59.3 Å². The number of nitrogens with one attached hydrogen (secondary N) is 1. The maximum atomic E-state index is 10.7. The lowest BCUT2D eigenvalue weighted by molar-refractivity contribution is 0.213. The zero-order valence-electron chi connectivity index (χ0n) is 15.6. The molecule has 2 N–H and O–H groups in total. The lowest BCUT2D eigenvalue weighted by Gasteiger charge is -2.17. The van der Waals surface area contributed by atoms with Gasteiger partial charge in [0.05, 0.1) is 29.0 Å². The monoisotopic (exact) mass is 373 g/mol. The Bertz CT molecular complexity index is 1050. The van der Waals surface area contributed by atoms with Crippen LogP contribution in [0.4, 0.5) is 0 Å². The lowest BCUT2D eigenvalue weighted by Crippen LogP contribution is -2.23. The molecule has 0 bridgehead atoms. The third-order valence-electron chi connectivity index (χ3n) is 5.32. The van der Waals surface area contributed by atoms with Crippen LogP contribution in [0.1, 0.15) is 35.3 Å². The molecule has 5 rings (SSSR count). The van der Waals surface area contributed by atoms with Gasteiger partial charge in [-0.1, -0.05) is 42.5 Å². The van der Waals surface area contributed by atoms with E-state index in [2.05, 4.69) is 21.0 Å². The Kier molecular flexibility index (Phi) is 4.43. The van der Waals surface area contributed by atoms with Crippen molar-refractivity contribution >= 4 is 11.0 Å². The molecule has 1 unspecified atom stereocenters. The Morgan fingerprint density at radius 2 is 1.86 bits per heavy atom. The summed E-state index contributed by atoms with van der Waals surface area (Å²) in [5.41, 5.74) is 4.80. The first-order chi connectivity index (χ1) is 13.8. The van der Waals surface area contributed by atoms with Gasteiger partial charge in [-0.25, -0.2) is 4.98 Å². The number of fused-ring (bicyclic) bond motifs is 2. The highest BCUT2D eigenvalue weighted by molar-refractivity contribution is 5.74. The largest absolute Gasteiger partial charge is 0.382 e. The zero-order chi connectivity index (χ0) is 18.9. The molecule has 2 aromatic heterocycles. The number of benzene rings is 2. The predicted molar refractivity (Wildman–Crippen MR) is 108 cm³/mol. The Balaban J connectivity index is 1.35. The summed E-state index contributed by atoms with van der Waals surface area (Å²) in [7, 11) is 0. The minimum Gasteiger partial charge on any atom is -0.382 e. The summed E-state index contributed by atoms with van der Waals surface area (Å²) in [6.45, 7) is 3.44. The molecule has 1 atom stereocenters. The number of imidazole rings is 1. The van der Waals surface area contributed by atoms with Gasteiger partial charge >= 0.3 is 0 Å². The molecule has 142 valence electrons. The van der Waals surface area contributed by atoms with Crippen LogP contribution in [-0.4, -0.2) is 36.3 Å². The van der Waals surface area contributed by atoms with Crippen molar-refractivity contribution in [3.05, 3.63) is 83.4 Å². The van der Waals surface area contributed by atoms with Crippen LogP contribution in [0.15, 0.2) is 60.7 Å². The molecular weight excluding hydrogens is 350 g/mol. The highest BCUT2D eigenvalue weighted by Gasteiger charge is 2.21. The van der Waals surface area contributed by atoms with Gasteiger partial charge in [0.25, 0.3) is 0 Å². The molecule has 4 aromatic rings. The summed E-state index contributed by atoms with van der Waals surface area (Å²) < 4.78 is 2.04. The van der Waals surface area contributed by atoms with Gasteiger partial charge < -0.3 is 10.1 Å². The summed E-state index contributed by atoms with van der Waals surface area (Å²) in [6.07, 6.45) is 0.333. The second-order valence-corrected chi connectivity index (χ2v) is 7.36. The van der Waals surface area contributed by atoms with E-state index < -0.39 is 6.10 Å². The van der Waals surface area contributed by atoms with Crippen molar-refractivity contribution in [1.29, 1.82) is 0 Å². The fourth-order valence-electron chi connectivity index (χ4n) is 3.92. The van der Waals surface area contributed by atoms with Crippen LogP contribution in [0, 0.1) is 0 Å². The third kappa shape index (κ3) is 3.32. The van der Waals surface area contributed by atoms with Crippen LogP contribution >= 0.6 is 0 Å². The molecule has 1 aliphatic heterocycles. The van der Waals surface area contributed by atoms with E-state index in [9.17, 15) is 5.11 Å². The quantitative estimate of drug-likeness (QED) is 0.576. The number of aliphatic hydroxyl groups is 1. The molecule has 6 nitrogen and oxygen atoms in total. The molecular formula is C22H23N5O. The van der Waals surface area contributed by atoms with Gasteiger partial charge in [0.2, 0.25) is 0 Å². The molecule has 0 saturated carbocycles. The molecule has 0 saturated heterocycles. The molecule has 3 heterocycles. The van der Waals surface area contributed by atoms with Crippen molar-refractivity contribution in [3.63, 3.8) is 0 Å². The molecule has 0 spiro atoms. The number of rotatable bonds is 4. The third-order valence-corrected chi connectivity index (χ3v) is 5.32. The number of aromatic amines is 1. The van der Waals surface area contributed by atoms with E-state index in [4.69, 9.17) is 4.98 Å². The minimum absolute atomic E-state index is 0.690. The first kappa shape index (κ1) is 17.2. The van der Waals surface area contributed by atoms with Gasteiger partial charge in [0.15, 0.2) is 0 Å².